The van der Waals surface area contributed by atoms with Crippen LogP contribution in [0.4, 0.5) is 9.93 Å². The highest BCUT2D eigenvalue weighted by molar-refractivity contribution is 7.80. The molecule has 0 aliphatic carbocycles. The van der Waals surface area contributed by atoms with E-state index in [-0.39, 0.29) is 30.5 Å². The van der Waals surface area contributed by atoms with Gasteiger partial charge in [0.2, 0.25) is 0 Å². The van der Waals surface area contributed by atoms with E-state index in [1.165, 1.54) is 25.2 Å². The third kappa shape index (κ3) is 14.3. The molecule has 22 heteroatoms. The standard InChI is InChI=1S/C62H64N8O12S2/c1-60(2,3)80-59(74)65-34-33-64-57(63)69-37-43-31-32-48(35-44(43)38-69)78-39-52(56(73)79-54(41-21-11-6-12-22-41)42-23-13-7-14-24-42)81-68-53(51(71)36-49-55(72)70(61(49,4)5)82-84(75,76)77)50-40-83-58(66-50)67-62(45-25-15-8-16-26-45,46-27-17-9-18-28-46)47-29-19-10-20-30-47/h6-32,35,40,49,52,54H,33-34,36-39H2,1-5H3,(H2,63,64)(H,65,74)(H,66,67)(H,75,76,77)/b68-53-/t49-,52+/m1/s1. The first-order chi connectivity index (χ1) is 40.2. The number of benzene rings is 6. The van der Waals surface area contributed by atoms with Gasteiger partial charge in [-0.15, -0.1) is 15.6 Å². The largest absolute Gasteiger partial charge is 0.489 e. The maximum Gasteiger partial charge on any atom is 0.418 e. The fourth-order valence-corrected chi connectivity index (χ4v) is 11.0. The van der Waals surface area contributed by atoms with E-state index in [1.54, 1.807) is 38.3 Å². The van der Waals surface area contributed by atoms with E-state index in [9.17, 15) is 32.1 Å². The van der Waals surface area contributed by atoms with E-state index in [0.29, 0.717) is 40.2 Å². The highest BCUT2D eigenvalue weighted by atomic mass is 32.3. The van der Waals surface area contributed by atoms with Crippen LogP contribution < -0.4 is 21.1 Å². The third-order valence-electron chi connectivity index (χ3n) is 14.0. The van der Waals surface area contributed by atoms with Crippen LogP contribution in [0.5, 0.6) is 5.75 Å². The van der Waals surface area contributed by atoms with Gasteiger partial charge in [-0.25, -0.2) is 14.6 Å². The summed E-state index contributed by atoms with van der Waals surface area (Å²) in [6.45, 7) is 9.04. The number of aromatic nitrogens is 1. The Labute approximate surface area is 491 Å². The van der Waals surface area contributed by atoms with Crippen LogP contribution >= 0.6 is 11.3 Å². The molecular weight excluding hydrogens is 1110 g/mol. The average Bonchev–Trinajstić information content (AvgIpc) is 1.54. The van der Waals surface area contributed by atoms with Crippen LogP contribution in [-0.2, 0) is 62.0 Å². The van der Waals surface area contributed by atoms with Crippen LogP contribution in [0, 0.1) is 5.92 Å². The number of fused-ring (bicyclic) bond motifs is 1. The summed E-state index contributed by atoms with van der Waals surface area (Å²) in [6.07, 6.45) is -3.68. The summed E-state index contributed by atoms with van der Waals surface area (Å²) < 4.78 is 55.5. The number of esters is 1. The number of carbonyl (C=O) groups is 4. The lowest BCUT2D eigenvalue weighted by atomic mass is 9.74. The summed E-state index contributed by atoms with van der Waals surface area (Å²) in [7, 11) is -5.11. The van der Waals surface area contributed by atoms with Crippen molar-refractivity contribution < 1.29 is 55.5 Å². The number of anilines is 1. The van der Waals surface area contributed by atoms with E-state index < -0.39 is 82.0 Å². The van der Waals surface area contributed by atoms with Gasteiger partial charge in [0.25, 0.3) is 12.0 Å². The number of β-lactam (4-membered cyclic amide) rings is 1. The normalized spacial score (nSPS) is 15.6. The number of Topliss-reactive ketones (excluding diaryl/α,β-unsaturated/α-hetero) is 1. The van der Waals surface area contributed by atoms with Gasteiger partial charge in [-0.3, -0.25) is 19.1 Å². The molecule has 6 aromatic carbocycles. The number of hydrogen-bond donors (Lipinski definition) is 4. The number of nitrogens with one attached hydrogen (secondary N) is 2. The molecule has 9 rings (SSSR count). The third-order valence-corrected chi connectivity index (χ3v) is 15.1. The lowest BCUT2D eigenvalue weighted by Crippen LogP contribution is -2.68. The number of hydrogen-bond acceptors (Lipinski definition) is 16. The van der Waals surface area contributed by atoms with Gasteiger partial charge in [-0.2, -0.15) is 13.5 Å². The van der Waals surface area contributed by atoms with E-state index in [0.717, 1.165) is 27.8 Å². The van der Waals surface area contributed by atoms with Crippen molar-refractivity contribution in [2.75, 3.05) is 25.0 Å². The Morgan fingerprint density at radius 2 is 1.36 bits per heavy atom. The molecule has 1 fully saturated rings. The molecule has 2 amide bonds. The number of hydroxylamine groups is 2. The average molecular weight is 1180 g/mol. The molecule has 1 saturated heterocycles. The maximum atomic E-state index is 14.9. The van der Waals surface area contributed by atoms with Gasteiger partial charge >= 0.3 is 22.5 Å². The van der Waals surface area contributed by atoms with Crippen LogP contribution in [0.25, 0.3) is 0 Å². The topological polar surface area (TPSA) is 263 Å². The molecule has 5 N–H and O–H groups in total. The maximum absolute atomic E-state index is 14.9. The van der Waals surface area contributed by atoms with Crippen LogP contribution in [0.15, 0.2) is 185 Å². The van der Waals surface area contributed by atoms with Gasteiger partial charge < -0.3 is 40.3 Å². The van der Waals surface area contributed by atoms with Gasteiger partial charge in [0, 0.05) is 31.4 Å². The van der Waals surface area contributed by atoms with Crippen molar-refractivity contribution in [3.63, 3.8) is 0 Å². The van der Waals surface area contributed by atoms with Crippen LogP contribution in [0.1, 0.15) is 91.8 Å². The Bertz CT molecular complexity index is 3490. The quantitative estimate of drug-likeness (QED) is 0.00680. The minimum Gasteiger partial charge on any atom is -0.489 e. The first-order valence-corrected chi connectivity index (χ1v) is 29.2. The van der Waals surface area contributed by atoms with Crippen molar-refractivity contribution in [3.8, 4) is 5.75 Å². The van der Waals surface area contributed by atoms with Crippen molar-refractivity contribution in [2.24, 2.45) is 21.8 Å². The van der Waals surface area contributed by atoms with Crippen LogP contribution in [0.2, 0.25) is 0 Å². The zero-order valence-corrected chi connectivity index (χ0v) is 48.4. The molecule has 7 aromatic rings. The Morgan fingerprint density at radius 1 is 0.810 bits per heavy atom. The van der Waals surface area contributed by atoms with Crippen molar-refractivity contribution >= 4 is 62.3 Å². The number of nitrogens with zero attached hydrogens (tertiary/aromatic N) is 5. The summed E-state index contributed by atoms with van der Waals surface area (Å²) in [5.74, 6) is -3.12. The predicted octanol–water partition coefficient (Wildman–Crippen LogP) is 9.13. The number of nitrogens with two attached hydrogens (primary N) is 1. The Kier molecular flexibility index (Phi) is 18.2. The smallest absolute Gasteiger partial charge is 0.418 e. The number of ether oxygens (including phenoxy) is 3. The van der Waals surface area contributed by atoms with E-state index in [1.807, 2.05) is 163 Å². The lowest BCUT2D eigenvalue weighted by Gasteiger charge is -2.50. The molecule has 1 aromatic heterocycles. The molecular formula is C62H64N8O12S2. The second kappa shape index (κ2) is 25.7. The Hall–Kier alpha value is -8.96. The number of carbonyl (C=O) groups excluding carboxylic acids is 4. The van der Waals surface area contributed by atoms with Crippen LogP contribution in [-0.4, -0.2) is 100 Å². The number of oxime groups is 1. The molecule has 0 radical (unpaired) electrons. The first-order valence-electron chi connectivity index (χ1n) is 26.9. The number of aliphatic imine (C=N–C) groups is 1. The number of ketones is 1. The summed E-state index contributed by atoms with van der Waals surface area (Å²) in [6, 6.07) is 53.0. The number of amides is 2. The molecule has 20 nitrogen and oxygen atoms in total. The summed E-state index contributed by atoms with van der Waals surface area (Å²) >= 11 is 1.17. The van der Waals surface area contributed by atoms with E-state index in [4.69, 9.17) is 29.8 Å². The molecule has 0 bridgehead atoms. The summed E-state index contributed by atoms with van der Waals surface area (Å²) in [5, 5.41) is 13.2. The number of guanidine groups is 1. The Balaban J connectivity index is 1.04. The molecule has 2 aliphatic heterocycles. The molecule has 0 spiro atoms. The predicted molar refractivity (Wildman–Crippen MR) is 316 cm³/mol. The van der Waals surface area contributed by atoms with Gasteiger partial charge in [0.05, 0.1) is 18.0 Å². The van der Waals surface area contributed by atoms with Gasteiger partial charge in [0.1, 0.15) is 29.2 Å². The number of alkyl carbamates (subject to hydrolysis) is 1. The molecule has 0 unspecified atom stereocenters. The van der Waals surface area contributed by atoms with E-state index in [2.05, 4.69) is 25.1 Å². The lowest BCUT2D eigenvalue weighted by molar-refractivity contribution is -0.228. The van der Waals surface area contributed by atoms with Crippen molar-refractivity contribution in [1.82, 2.24) is 20.3 Å². The molecule has 2 atom stereocenters. The molecule has 0 saturated carbocycles. The Morgan fingerprint density at radius 3 is 1.89 bits per heavy atom. The highest BCUT2D eigenvalue weighted by Gasteiger charge is 2.58. The molecule has 84 heavy (non-hydrogen) atoms. The monoisotopic (exact) mass is 1180 g/mol. The van der Waals surface area contributed by atoms with Gasteiger partial charge in [-0.05, 0) is 85.7 Å². The second-order valence-corrected chi connectivity index (χ2v) is 23.3. The minimum absolute atomic E-state index is 0.0102. The summed E-state index contributed by atoms with van der Waals surface area (Å²) in [4.78, 5) is 72.9. The van der Waals surface area contributed by atoms with Crippen molar-refractivity contribution in [2.45, 2.75) is 83.0 Å². The molecule has 3 heterocycles. The van der Waals surface area contributed by atoms with Crippen LogP contribution in [0.3, 0.4) is 0 Å². The van der Waals surface area contributed by atoms with Crippen molar-refractivity contribution in [3.05, 3.63) is 220 Å². The second-order valence-electron chi connectivity index (χ2n) is 21.4. The number of rotatable bonds is 23. The molecule has 2 aliphatic rings. The zero-order valence-electron chi connectivity index (χ0n) is 46.8. The van der Waals surface area contributed by atoms with E-state index >= 15 is 0 Å². The SMILES string of the molecule is CC(C)(C)OC(=O)NCCN=C(N)N1Cc2ccc(OC[C@H](O/N=C(\C(=O)C[C@@H]3C(=O)N(OS(=O)(=O)O)C3(C)C)c3csc(NC(c4ccccc4)(c4ccccc4)c4ccccc4)n3)C(=O)OC(c3ccccc3)c3ccccc3)cc2C1. The first kappa shape index (κ1) is 59.7. The van der Waals surface area contributed by atoms with Gasteiger partial charge in [-0.1, -0.05) is 163 Å². The summed E-state index contributed by atoms with van der Waals surface area (Å²) in [5.41, 5.74) is 8.69. The fraction of sp³-hybridized carbons (Fsp3) is 0.274. The molecule has 436 valence electrons. The zero-order chi connectivity index (χ0) is 59.7. The highest BCUT2D eigenvalue weighted by Crippen LogP contribution is 2.43. The van der Waals surface area contributed by atoms with Crippen molar-refractivity contribution in [1.29, 1.82) is 0 Å². The van der Waals surface area contributed by atoms with Gasteiger partial charge in [0.15, 0.2) is 28.7 Å². The fourth-order valence-electron chi connectivity index (χ4n) is 9.84. The minimum atomic E-state index is -5.11. The number of thiazole rings is 1.